The number of benzene rings is 3. The van der Waals surface area contributed by atoms with Crippen LogP contribution in [0, 0.1) is 0 Å². The molecule has 1 saturated heterocycles. The maximum absolute atomic E-state index is 13.9. The molecule has 9 heteroatoms. The van der Waals surface area contributed by atoms with Gasteiger partial charge < -0.3 is 15.1 Å². The third-order valence-electron chi connectivity index (χ3n) is 7.07. The molecule has 0 atom stereocenters. The number of amides is 1. The van der Waals surface area contributed by atoms with Gasteiger partial charge in [-0.25, -0.2) is 4.68 Å². The van der Waals surface area contributed by atoms with Crippen molar-refractivity contribution in [3.05, 3.63) is 106 Å². The molecular formula is C30H27Cl2N3O4. The van der Waals surface area contributed by atoms with Crippen LogP contribution in [0.25, 0.3) is 16.9 Å². The van der Waals surface area contributed by atoms with Crippen LogP contribution in [0.1, 0.15) is 34.5 Å². The van der Waals surface area contributed by atoms with E-state index in [2.05, 4.69) is 5.10 Å². The summed E-state index contributed by atoms with van der Waals surface area (Å²) in [6.07, 6.45) is 0.894. The third-order valence-corrected chi connectivity index (χ3v) is 7.64. The number of carboxylic acids is 1. The average Bonchev–Trinajstić information content (AvgIpc) is 3.28. The molecule has 1 fully saturated rings. The van der Waals surface area contributed by atoms with Crippen LogP contribution in [-0.2, 0) is 17.6 Å². The number of carbonyl (C=O) groups is 2. The van der Waals surface area contributed by atoms with Gasteiger partial charge in [0.2, 0.25) is 0 Å². The number of hydrogen-bond donors (Lipinski definition) is 2. The number of aliphatic hydroxyl groups is 1. The van der Waals surface area contributed by atoms with E-state index in [0.29, 0.717) is 64.9 Å². The molecule has 2 heterocycles. The Morgan fingerprint density at radius 1 is 0.897 bits per heavy atom. The molecule has 4 aromatic rings. The molecule has 1 aliphatic rings. The van der Waals surface area contributed by atoms with Crippen LogP contribution in [-0.4, -0.2) is 55.5 Å². The summed E-state index contributed by atoms with van der Waals surface area (Å²) in [4.78, 5) is 27.5. The van der Waals surface area contributed by atoms with Crippen molar-refractivity contribution in [1.29, 1.82) is 0 Å². The zero-order valence-corrected chi connectivity index (χ0v) is 22.6. The van der Waals surface area contributed by atoms with Crippen LogP contribution in [0.2, 0.25) is 10.0 Å². The number of likely N-dealkylation sites (tertiary alicyclic amines) is 1. The van der Waals surface area contributed by atoms with E-state index >= 15 is 0 Å². The quantitative estimate of drug-likeness (QED) is 0.301. The number of halogens is 2. The van der Waals surface area contributed by atoms with Gasteiger partial charge in [-0.1, -0.05) is 77.8 Å². The van der Waals surface area contributed by atoms with E-state index in [1.54, 1.807) is 53.4 Å². The smallest absolute Gasteiger partial charge is 0.307 e. The molecular weight excluding hydrogens is 537 g/mol. The summed E-state index contributed by atoms with van der Waals surface area (Å²) >= 11 is 12.6. The van der Waals surface area contributed by atoms with Crippen molar-refractivity contribution in [2.75, 3.05) is 13.1 Å². The number of carbonyl (C=O) groups excluding carboxylic acids is 1. The van der Waals surface area contributed by atoms with Gasteiger partial charge >= 0.3 is 5.97 Å². The number of hydrogen-bond acceptors (Lipinski definition) is 4. The van der Waals surface area contributed by atoms with E-state index in [1.807, 2.05) is 30.3 Å². The maximum Gasteiger partial charge on any atom is 0.307 e. The van der Waals surface area contributed by atoms with Crippen LogP contribution in [0.4, 0.5) is 0 Å². The number of piperidine rings is 1. The molecule has 1 amide bonds. The SMILES string of the molecule is O=C(O)Cc1c(C(=O)N2CCC(O)(Cc3ccccc3)CC2)nn(-c2ccccc2Cl)c1-c1ccc(Cl)cc1. The molecule has 7 nitrogen and oxygen atoms in total. The summed E-state index contributed by atoms with van der Waals surface area (Å²) in [6, 6.07) is 23.7. The number of para-hydroxylation sites is 1. The Hall–Kier alpha value is -3.65. The molecule has 0 spiro atoms. The summed E-state index contributed by atoms with van der Waals surface area (Å²) in [5, 5.41) is 26.6. The maximum atomic E-state index is 13.9. The summed E-state index contributed by atoms with van der Waals surface area (Å²) in [5.41, 5.74) is 2.09. The van der Waals surface area contributed by atoms with E-state index in [-0.39, 0.29) is 11.6 Å². The van der Waals surface area contributed by atoms with Crippen molar-refractivity contribution in [1.82, 2.24) is 14.7 Å². The van der Waals surface area contributed by atoms with Crippen molar-refractivity contribution >= 4 is 35.1 Å². The molecule has 0 unspecified atom stereocenters. The van der Waals surface area contributed by atoms with E-state index in [1.165, 1.54) is 4.68 Å². The molecule has 200 valence electrons. The van der Waals surface area contributed by atoms with Crippen LogP contribution in [0.3, 0.4) is 0 Å². The van der Waals surface area contributed by atoms with Gasteiger partial charge in [-0.2, -0.15) is 5.10 Å². The first-order valence-corrected chi connectivity index (χ1v) is 13.4. The first-order chi connectivity index (χ1) is 18.7. The standard InChI is InChI=1S/C30H27Cl2N3O4/c31-22-12-10-21(11-13-22)28-23(18-26(36)37)27(33-35(28)25-9-5-4-8-24(25)32)29(38)34-16-14-30(39,15-17-34)19-20-6-2-1-3-7-20/h1-13,39H,14-19H2,(H,36,37). The summed E-state index contributed by atoms with van der Waals surface area (Å²) in [7, 11) is 0. The minimum atomic E-state index is -1.09. The second-order valence-corrected chi connectivity index (χ2v) is 10.6. The summed E-state index contributed by atoms with van der Waals surface area (Å²) < 4.78 is 1.53. The second kappa shape index (κ2) is 11.2. The Kier molecular flexibility index (Phi) is 7.75. The van der Waals surface area contributed by atoms with Crippen LogP contribution >= 0.6 is 23.2 Å². The molecule has 0 radical (unpaired) electrons. The summed E-state index contributed by atoms with van der Waals surface area (Å²) in [5.74, 6) is -1.47. The first kappa shape index (κ1) is 26.9. The first-order valence-electron chi connectivity index (χ1n) is 12.6. The highest BCUT2D eigenvalue weighted by Gasteiger charge is 2.36. The number of carboxylic acid groups (broad SMARTS) is 1. The minimum Gasteiger partial charge on any atom is -0.481 e. The highest BCUT2D eigenvalue weighted by molar-refractivity contribution is 6.32. The number of aromatic nitrogens is 2. The topological polar surface area (TPSA) is 95.7 Å². The van der Waals surface area contributed by atoms with Crippen molar-refractivity contribution in [3.63, 3.8) is 0 Å². The highest BCUT2D eigenvalue weighted by atomic mass is 35.5. The molecule has 5 rings (SSSR count). The fourth-order valence-electron chi connectivity index (χ4n) is 5.07. The van der Waals surface area contributed by atoms with E-state index < -0.39 is 18.0 Å². The van der Waals surface area contributed by atoms with Crippen LogP contribution in [0.5, 0.6) is 0 Å². The fourth-order valence-corrected chi connectivity index (χ4v) is 5.41. The number of rotatable bonds is 7. The second-order valence-electron chi connectivity index (χ2n) is 9.80. The Bertz CT molecular complexity index is 1490. The van der Waals surface area contributed by atoms with Gasteiger partial charge in [-0.05, 0) is 42.7 Å². The lowest BCUT2D eigenvalue weighted by Crippen LogP contribution is -2.48. The van der Waals surface area contributed by atoms with Gasteiger partial charge in [-0.3, -0.25) is 9.59 Å². The number of nitrogens with zero attached hydrogens (tertiary/aromatic N) is 3. The van der Waals surface area contributed by atoms with Gasteiger partial charge in [0.15, 0.2) is 5.69 Å². The normalized spacial score (nSPS) is 14.8. The van der Waals surface area contributed by atoms with E-state index in [4.69, 9.17) is 23.2 Å². The zero-order chi connectivity index (χ0) is 27.6. The third kappa shape index (κ3) is 5.86. The van der Waals surface area contributed by atoms with Gasteiger partial charge in [0.25, 0.3) is 5.91 Å². The minimum absolute atomic E-state index is 0.0516. The largest absolute Gasteiger partial charge is 0.481 e. The Balaban J connectivity index is 1.52. The molecule has 0 saturated carbocycles. The average molecular weight is 564 g/mol. The molecule has 0 aliphatic carbocycles. The van der Waals surface area contributed by atoms with E-state index in [9.17, 15) is 19.8 Å². The van der Waals surface area contributed by atoms with Crippen molar-refractivity contribution < 1.29 is 19.8 Å². The lowest BCUT2D eigenvalue weighted by molar-refractivity contribution is -0.136. The molecule has 1 aliphatic heterocycles. The van der Waals surface area contributed by atoms with Crippen molar-refractivity contribution in [2.45, 2.75) is 31.3 Å². The van der Waals surface area contributed by atoms with Crippen LogP contribution < -0.4 is 0 Å². The Morgan fingerprint density at radius 2 is 1.54 bits per heavy atom. The van der Waals surface area contributed by atoms with Crippen LogP contribution in [0.15, 0.2) is 78.9 Å². The predicted octanol–water partition coefficient (Wildman–Crippen LogP) is 5.68. The van der Waals surface area contributed by atoms with Gasteiger partial charge in [0.1, 0.15) is 0 Å². The highest BCUT2D eigenvalue weighted by Crippen LogP contribution is 2.34. The van der Waals surface area contributed by atoms with Crippen molar-refractivity contribution in [3.8, 4) is 16.9 Å². The molecule has 39 heavy (non-hydrogen) atoms. The molecule has 3 aromatic carbocycles. The van der Waals surface area contributed by atoms with Crippen molar-refractivity contribution in [2.24, 2.45) is 0 Å². The number of aliphatic carboxylic acids is 1. The lowest BCUT2D eigenvalue weighted by Gasteiger charge is -2.38. The monoisotopic (exact) mass is 563 g/mol. The predicted molar refractivity (Wildman–Crippen MR) is 151 cm³/mol. The fraction of sp³-hybridized carbons (Fsp3) is 0.233. The van der Waals surface area contributed by atoms with Gasteiger partial charge in [-0.15, -0.1) is 0 Å². The Morgan fingerprint density at radius 3 is 2.18 bits per heavy atom. The zero-order valence-electron chi connectivity index (χ0n) is 21.1. The Labute approximate surface area is 236 Å². The molecule has 1 aromatic heterocycles. The lowest BCUT2D eigenvalue weighted by atomic mass is 9.85. The molecule has 2 N–H and O–H groups in total. The van der Waals surface area contributed by atoms with Gasteiger partial charge in [0, 0.05) is 35.7 Å². The summed E-state index contributed by atoms with van der Waals surface area (Å²) in [6.45, 7) is 0.647. The molecule has 0 bridgehead atoms. The van der Waals surface area contributed by atoms with E-state index in [0.717, 1.165) is 5.56 Å². The van der Waals surface area contributed by atoms with Gasteiger partial charge in [0.05, 0.1) is 28.4 Å².